The molecule has 1 spiro atoms. The van der Waals surface area contributed by atoms with Crippen LogP contribution in [0.5, 0.6) is 0 Å². The zero-order valence-corrected chi connectivity index (χ0v) is 20.0. The van der Waals surface area contributed by atoms with Gasteiger partial charge in [0.25, 0.3) is 0 Å². The molecule has 6 rings (SSSR count). The van der Waals surface area contributed by atoms with Gasteiger partial charge < -0.3 is 10.1 Å². The first-order chi connectivity index (χ1) is 14.8. The average Bonchev–Trinajstić information content (AvgIpc) is 3.19. The van der Waals surface area contributed by atoms with Crippen LogP contribution >= 0.6 is 0 Å². The Labute approximate surface area is 188 Å². The van der Waals surface area contributed by atoms with Crippen LogP contribution in [0.15, 0.2) is 22.8 Å². The molecule has 8 unspecified atom stereocenters. The van der Waals surface area contributed by atoms with Crippen molar-refractivity contribution in [1.29, 1.82) is 0 Å². The molecule has 0 amide bonds. The molecule has 0 bridgehead atoms. The fourth-order valence-corrected chi connectivity index (χ4v) is 9.13. The second kappa shape index (κ2) is 7.03. The van der Waals surface area contributed by atoms with Gasteiger partial charge in [0, 0.05) is 18.4 Å². The van der Waals surface area contributed by atoms with Crippen molar-refractivity contribution >= 4 is 5.78 Å². The van der Waals surface area contributed by atoms with E-state index in [9.17, 15) is 4.79 Å². The summed E-state index contributed by atoms with van der Waals surface area (Å²) in [5.74, 6) is 4.00. The van der Waals surface area contributed by atoms with Gasteiger partial charge >= 0.3 is 0 Å². The SMILES string of the molecule is CC1=C2CC3C(CCC4=CC(=O)CCC43C)C2CCC2(C1)OC1C[C@H](C)CNC1C2C. The Morgan fingerprint density at radius 1 is 1.16 bits per heavy atom. The highest BCUT2D eigenvalue weighted by atomic mass is 16.5. The van der Waals surface area contributed by atoms with E-state index in [2.05, 4.69) is 33.0 Å². The molecule has 1 N–H and O–H groups in total. The smallest absolute Gasteiger partial charge is 0.155 e. The summed E-state index contributed by atoms with van der Waals surface area (Å²) in [4.78, 5) is 12.1. The second-order valence-corrected chi connectivity index (χ2v) is 12.5. The summed E-state index contributed by atoms with van der Waals surface area (Å²) in [6.07, 6.45) is 12.9. The summed E-state index contributed by atoms with van der Waals surface area (Å²) < 4.78 is 7.00. The number of ketones is 1. The third-order valence-corrected chi connectivity index (χ3v) is 10.9. The van der Waals surface area contributed by atoms with E-state index in [1.807, 2.05) is 6.08 Å². The fraction of sp³-hybridized carbons (Fsp3) is 0.821. The first-order valence-corrected chi connectivity index (χ1v) is 13.1. The highest BCUT2D eigenvalue weighted by Crippen LogP contribution is 2.64. The average molecular weight is 424 g/mol. The van der Waals surface area contributed by atoms with Crippen LogP contribution in [0.25, 0.3) is 0 Å². The minimum absolute atomic E-state index is 0.0458. The number of nitrogens with one attached hydrogen (secondary N) is 1. The van der Waals surface area contributed by atoms with Gasteiger partial charge in [0.05, 0.1) is 11.7 Å². The molecule has 9 atom stereocenters. The molecule has 2 saturated heterocycles. The summed E-state index contributed by atoms with van der Waals surface area (Å²) in [5.41, 5.74) is 5.23. The molecular formula is C28H41NO2. The maximum atomic E-state index is 12.1. The first-order valence-electron chi connectivity index (χ1n) is 13.1. The Bertz CT molecular complexity index is 857. The van der Waals surface area contributed by atoms with Crippen LogP contribution in [0.1, 0.15) is 85.5 Å². The Kier molecular flexibility index (Phi) is 4.69. The Hall–Kier alpha value is -0.930. The summed E-state index contributed by atoms with van der Waals surface area (Å²) >= 11 is 0. The zero-order valence-electron chi connectivity index (χ0n) is 20.0. The van der Waals surface area contributed by atoms with Crippen LogP contribution in [-0.2, 0) is 9.53 Å². The molecule has 0 radical (unpaired) electrons. The van der Waals surface area contributed by atoms with Crippen molar-refractivity contribution in [2.75, 3.05) is 6.54 Å². The van der Waals surface area contributed by atoms with Crippen molar-refractivity contribution < 1.29 is 9.53 Å². The van der Waals surface area contributed by atoms with E-state index in [0.29, 0.717) is 23.8 Å². The monoisotopic (exact) mass is 423 g/mol. The lowest BCUT2D eigenvalue weighted by molar-refractivity contribution is -0.116. The highest BCUT2D eigenvalue weighted by molar-refractivity contribution is 5.91. The third kappa shape index (κ3) is 2.94. The third-order valence-electron chi connectivity index (χ3n) is 10.9. The molecule has 4 aliphatic carbocycles. The van der Waals surface area contributed by atoms with Crippen LogP contribution in [0.2, 0.25) is 0 Å². The van der Waals surface area contributed by atoms with Gasteiger partial charge in [-0.1, -0.05) is 37.5 Å². The van der Waals surface area contributed by atoms with Gasteiger partial charge in [0.2, 0.25) is 0 Å². The standard InChI is InChI=1S/C28H41NO2/c1-16-11-25-26(29-15-16)18(3)28(31-25)10-8-21-22-6-5-19-12-20(30)7-9-27(19,4)24(22)13-23(21)17(2)14-28/h12,16,18,21-22,24-26,29H,5-11,13-15H2,1-4H3/t16-,18?,21?,22?,24?,25?,26?,27?,28?/m0/s1. The lowest BCUT2D eigenvalue weighted by Crippen LogP contribution is -2.48. The molecule has 2 saturated carbocycles. The molecule has 0 aromatic carbocycles. The van der Waals surface area contributed by atoms with Crippen molar-refractivity contribution in [3.05, 3.63) is 22.8 Å². The van der Waals surface area contributed by atoms with Crippen molar-refractivity contribution in [1.82, 2.24) is 5.32 Å². The van der Waals surface area contributed by atoms with Crippen LogP contribution in [-0.4, -0.2) is 30.1 Å². The molecular weight excluding hydrogens is 382 g/mol. The Morgan fingerprint density at radius 2 is 2.00 bits per heavy atom. The molecule has 31 heavy (non-hydrogen) atoms. The molecule has 3 heteroatoms. The van der Waals surface area contributed by atoms with E-state index in [4.69, 9.17) is 4.74 Å². The van der Waals surface area contributed by atoms with Gasteiger partial charge in [-0.25, -0.2) is 0 Å². The topological polar surface area (TPSA) is 38.3 Å². The number of rotatable bonds is 0. The van der Waals surface area contributed by atoms with E-state index in [1.54, 1.807) is 11.1 Å². The molecule has 3 nitrogen and oxygen atoms in total. The first kappa shape index (κ1) is 20.7. The Balaban J connectivity index is 1.30. The summed E-state index contributed by atoms with van der Waals surface area (Å²) in [6.45, 7) is 10.9. The number of hydrogen-bond donors (Lipinski definition) is 1. The number of fused-ring (bicyclic) bond motifs is 6. The zero-order chi connectivity index (χ0) is 21.5. The predicted octanol–water partition coefficient (Wildman–Crippen LogP) is 5.60. The van der Waals surface area contributed by atoms with E-state index < -0.39 is 0 Å². The number of carbonyl (C=O) groups is 1. The van der Waals surface area contributed by atoms with Crippen LogP contribution in [0, 0.1) is 35.0 Å². The van der Waals surface area contributed by atoms with Gasteiger partial charge in [-0.2, -0.15) is 0 Å². The minimum atomic E-state index is 0.0458. The molecule has 6 aliphatic rings. The largest absolute Gasteiger partial charge is 0.369 e. The fourth-order valence-electron chi connectivity index (χ4n) is 9.13. The molecule has 2 aliphatic heterocycles. The van der Waals surface area contributed by atoms with E-state index in [0.717, 1.165) is 55.9 Å². The number of hydrogen-bond acceptors (Lipinski definition) is 3. The maximum absolute atomic E-state index is 12.1. The van der Waals surface area contributed by atoms with Crippen LogP contribution in [0.3, 0.4) is 0 Å². The van der Waals surface area contributed by atoms with E-state index in [1.165, 1.54) is 37.7 Å². The summed E-state index contributed by atoms with van der Waals surface area (Å²) in [6, 6.07) is 0.542. The van der Waals surface area contributed by atoms with Crippen LogP contribution in [0.4, 0.5) is 0 Å². The number of ether oxygens (including phenoxy) is 1. The highest BCUT2D eigenvalue weighted by Gasteiger charge is 2.58. The van der Waals surface area contributed by atoms with Gasteiger partial charge in [-0.05, 0) is 100.0 Å². The van der Waals surface area contributed by atoms with Gasteiger partial charge in [0.1, 0.15) is 0 Å². The molecule has 0 aromatic rings. The lowest BCUT2D eigenvalue weighted by Gasteiger charge is -2.48. The predicted molar refractivity (Wildman–Crippen MR) is 124 cm³/mol. The molecule has 4 fully saturated rings. The Morgan fingerprint density at radius 3 is 2.84 bits per heavy atom. The van der Waals surface area contributed by atoms with E-state index >= 15 is 0 Å². The van der Waals surface area contributed by atoms with Crippen molar-refractivity contribution in [2.45, 2.75) is 103 Å². The van der Waals surface area contributed by atoms with Crippen molar-refractivity contribution in [3.8, 4) is 0 Å². The van der Waals surface area contributed by atoms with Crippen molar-refractivity contribution in [2.24, 2.45) is 35.0 Å². The minimum Gasteiger partial charge on any atom is -0.369 e. The number of allylic oxidation sites excluding steroid dienone is 3. The lowest BCUT2D eigenvalue weighted by atomic mass is 9.56. The molecule has 0 aromatic heterocycles. The maximum Gasteiger partial charge on any atom is 0.155 e. The van der Waals surface area contributed by atoms with Gasteiger partial charge in [0.15, 0.2) is 5.78 Å². The number of piperidine rings is 1. The second-order valence-electron chi connectivity index (χ2n) is 12.5. The van der Waals surface area contributed by atoms with Crippen molar-refractivity contribution in [3.63, 3.8) is 0 Å². The van der Waals surface area contributed by atoms with Gasteiger partial charge in [-0.3, -0.25) is 4.79 Å². The van der Waals surface area contributed by atoms with E-state index in [-0.39, 0.29) is 11.0 Å². The summed E-state index contributed by atoms with van der Waals surface area (Å²) in [7, 11) is 0. The number of carbonyl (C=O) groups excluding carboxylic acids is 1. The van der Waals surface area contributed by atoms with Gasteiger partial charge in [-0.15, -0.1) is 0 Å². The van der Waals surface area contributed by atoms with Crippen LogP contribution < -0.4 is 5.32 Å². The normalized spacial score (nSPS) is 51.7. The molecule has 2 heterocycles. The summed E-state index contributed by atoms with van der Waals surface area (Å²) in [5, 5.41) is 3.85. The molecule has 170 valence electrons. The quantitative estimate of drug-likeness (QED) is 0.515.